The molecule has 0 spiro atoms. The number of hydrogen-bond donors (Lipinski definition) is 2. The normalized spacial score (nSPS) is 10.9. The second-order valence-electron chi connectivity index (χ2n) is 3.66. The van der Waals surface area contributed by atoms with Gasteiger partial charge in [-0.3, -0.25) is 0 Å². The van der Waals surface area contributed by atoms with E-state index in [1.165, 1.54) is 0 Å². The Hall–Kier alpha value is -1.59. The highest BCUT2D eigenvalue weighted by atomic mass is 16.5. The number of furan rings is 1. The number of pyridine rings is 1. The Balaban J connectivity index is 1.80. The Kier molecular flexibility index (Phi) is 4.35. The van der Waals surface area contributed by atoms with Crippen LogP contribution < -0.4 is 10.6 Å². The van der Waals surface area contributed by atoms with Gasteiger partial charge in [0.1, 0.15) is 11.4 Å². The van der Waals surface area contributed by atoms with Crippen LogP contribution in [0.4, 0.5) is 5.82 Å². The van der Waals surface area contributed by atoms with E-state index in [2.05, 4.69) is 15.6 Å². The topological polar surface area (TPSA) is 59.3 Å². The number of hydrogen-bond acceptors (Lipinski definition) is 5. The number of methoxy groups -OCH3 is 1. The lowest BCUT2D eigenvalue weighted by molar-refractivity contribution is 0.200. The van der Waals surface area contributed by atoms with Crippen LogP contribution in [0.5, 0.6) is 0 Å². The van der Waals surface area contributed by atoms with Crippen LogP contribution in [-0.4, -0.2) is 38.3 Å². The SMILES string of the molecule is COCCNCCNc1nccc2occc12. The minimum Gasteiger partial charge on any atom is -0.464 e. The highest BCUT2D eigenvalue weighted by Gasteiger charge is 2.03. The number of anilines is 1. The van der Waals surface area contributed by atoms with E-state index in [0.29, 0.717) is 0 Å². The predicted octanol–water partition coefficient (Wildman–Crippen LogP) is 1.48. The van der Waals surface area contributed by atoms with Crippen molar-refractivity contribution >= 4 is 16.8 Å². The van der Waals surface area contributed by atoms with E-state index in [0.717, 1.165) is 43.0 Å². The van der Waals surface area contributed by atoms with Gasteiger partial charge in [0.05, 0.1) is 18.3 Å². The zero-order chi connectivity index (χ0) is 11.9. The molecule has 2 N–H and O–H groups in total. The molecule has 0 saturated heterocycles. The van der Waals surface area contributed by atoms with Crippen LogP contribution in [0.25, 0.3) is 11.0 Å². The molecule has 5 nitrogen and oxygen atoms in total. The van der Waals surface area contributed by atoms with Gasteiger partial charge < -0.3 is 19.8 Å². The lowest BCUT2D eigenvalue weighted by Crippen LogP contribution is -2.25. The summed E-state index contributed by atoms with van der Waals surface area (Å²) in [6, 6.07) is 3.78. The molecule has 0 amide bonds. The molecule has 0 radical (unpaired) electrons. The number of aromatic nitrogens is 1. The predicted molar refractivity (Wildman–Crippen MR) is 67.2 cm³/mol. The first-order valence-corrected chi connectivity index (χ1v) is 5.67. The Morgan fingerprint density at radius 2 is 2.24 bits per heavy atom. The number of rotatable bonds is 7. The Morgan fingerprint density at radius 3 is 3.12 bits per heavy atom. The van der Waals surface area contributed by atoms with Gasteiger partial charge in [-0.25, -0.2) is 4.98 Å². The van der Waals surface area contributed by atoms with Crippen LogP contribution in [0.1, 0.15) is 0 Å². The van der Waals surface area contributed by atoms with Gasteiger partial charge >= 0.3 is 0 Å². The smallest absolute Gasteiger partial charge is 0.139 e. The van der Waals surface area contributed by atoms with Crippen molar-refractivity contribution in [2.24, 2.45) is 0 Å². The molecule has 2 rings (SSSR count). The van der Waals surface area contributed by atoms with Gasteiger partial charge in [-0.05, 0) is 12.1 Å². The van der Waals surface area contributed by atoms with Crippen molar-refractivity contribution in [3.63, 3.8) is 0 Å². The molecule has 0 aliphatic rings. The summed E-state index contributed by atoms with van der Waals surface area (Å²) in [6.07, 6.45) is 3.42. The van der Waals surface area contributed by atoms with Crippen LogP contribution in [0.3, 0.4) is 0 Å². The highest BCUT2D eigenvalue weighted by Crippen LogP contribution is 2.21. The minimum absolute atomic E-state index is 0.732. The van der Waals surface area contributed by atoms with Crippen LogP contribution in [0, 0.1) is 0 Å². The first-order valence-electron chi connectivity index (χ1n) is 5.67. The van der Waals surface area contributed by atoms with E-state index >= 15 is 0 Å². The molecule has 0 fully saturated rings. The standard InChI is InChI=1S/C12H17N3O2/c1-16-9-7-13-5-6-15-12-10-3-8-17-11(10)2-4-14-12/h2-4,8,13H,5-7,9H2,1H3,(H,14,15). The highest BCUT2D eigenvalue weighted by molar-refractivity contribution is 5.87. The second kappa shape index (κ2) is 6.22. The molecule has 0 aromatic carbocycles. The summed E-state index contributed by atoms with van der Waals surface area (Å²) in [5.41, 5.74) is 0.856. The molecule has 0 unspecified atom stereocenters. The number of nitrogens with one attached hydrogen (secondary N) is 2. The number of fused-ring (bicyclic) bond motifs is 1. The molecule has 0 aliphatic heterocycles. The van der Waals surface area contributed by atoms with Gasteiger partial charge in [0.15, 0.2) is 0 Å². The van der Waals surface area contributed by atoms with E-state index in [-0.39, 0.29) is 0 Å². The van der Waals surface area contributed by atoms with Crippen molar-refractivity contribution in [2.45, 2.75) is 0 Å². The van der Waals surface area contributed by atoms with Crippen molar-refractivity contribution in [2.75, 3.05) is 38.7 Å². The van der Waals surface area contributed by atoms with Crippen LogP contribution in [0.15, 0.2) is 29.0 Å². The molecule has 0 atom stereocenters. The van der Waals surface area contributed by atoms with Crippen LogP contribution >= 0.6 is 0 Å². The Morgan fingerprint density at radius 1 is 1.29 bits per heavy atom. The maximum atomic E-state index is 5.31. The quantitative estimate of drug-likeness (QED) is 0.712. The molecule has 0 saturated carbocycles. The van der Waals surface area contributed by atoms with E-state index in [4.69, 9.17) is 9.15 Å². The molecular weight excluding hydrogens is 218 g/mol. The molecule has 5 heteroatoms. The maximum Gasteiger partial charge on any atom is 0.139 e. The van der Waals surface area contributed by atoms with Gasteiger partial charge in [0.2, 0.25) is 0 Å². The fourth-order valence-corrected chi connectivity index (χ4v) is 1.60. The van der Waals surface area contributed by atoms with Gasteiger partial charge in [-0.15, -0.1) is 0 Å². The fourth-order valence-electron chi connectivity index (χ4n) is 1.60. The third kappa shape index (κ3) is 3.18. The second-order valence-corrected chi connectivity index (χ2v) is 3.66. The molecule has 92 valence electrons. The lowest BCUT2D eigenvalue weighted by atomic mass is 10.3. The fraction of sp³-hybridized carbons (Fsp3) is 0.417. The summed E-state index contributed by atoms with van der Waals surface area (Å²) in [5.74, 6) is 0.866. The van der Waals surface area contributed by atoms with Gasteiger partial charge in [0.25, 0.3) is 0 Å². The molecule has 2 aromatic heterocycles. The van der Waals surface area contributed by atoms with Crippen LogP contribution in [-0.2, 0) is 4.74 Å². The third-order valence-electron chi connectivity index (χ3n) is 2.46. The van der Waals surface area contributed by atoms with E-state index in [1.807, 2.05) is 12.1 Å². The summed E-state index contributed by atoms with van der Waals surface area (Å²) >= 11 is 0. The van der Waals surface area contributed by atoms with Gasteiger partial charge in [-0.1, -0.05) is 0 Å². The summed E-state index contributed by atoms with van der Waals surface area (Å²) in [4.78, 5) is 4.29. The number of ether oxygens (including phenoxy) is 1. The van der Waals surface area contributed by atoms with Gasteiger partial charge in [-0.2, -0.15) is 0 Å². The summed E-state index contributed by atoms with van der Waals surface area (Å²) in [7, 11) is 1.70. The minimum atomic E-state index is 0.732. The van der Waals surface area contributed by atoms with E-state index < -0.39 is 0 Å². The molecule has 0 aliphatic carbocycles. The zero-order valence-electron chi connectivity index (χ0n) is 9.90. The largest absolute Gasteiger partial charge is 0.464 e. The number of nitrogens with zero attached hydrogens (tertiary/aromatic N) is 1. The average molecular weight is 235 g/mol. The zero-order valence-corrected chi connectivity index (χ0v) is 9.90. The molecule has 2 heterocycles. The Labute approximate surface area is 100 Å². The molecule has 2 aromatic rings. The van der Waals surface area contributed by atoms with E-state index in [1.54, 1.807) is 19.6 Å². The molecule has 0 bridgehead atoms. The third-order valence-corrected chi connectivity index (χ3v) is 2.46. The molecule has 17 heavy (non-hydrogen) atoms. The average Bonchev–Trinajstić information content (AvgIpc) is 2.82. The van der Waals surface area contributed by atoms with Crippen molar-refractivity contribution in [3.8, 4) is 0 Å². The maximum absolute atomic E-state index is 5.31. The van der Waals surface area contributed by atoms with Gasteiger partial charge in [0, 0.05) is 32.9 Å². The summed E-state index contributed by atoms with van der Waals surface area (Å²) < 4.78 is 10.3. The monoisotopic (exact) mass is 235 g/mol. The summed E-state index contributed by atoms with van der Waals surface area (Å²) in [5, 5.41) is 7.55. The van der Waals surface area contributed by atoms with E-state index in [9.17, 15) is 0 Å². The van der Waals surface area contributed by atoms with Crippen molar-refractivity contribution in [3.05, 3.63) is 24.6 Å². The molecular formula is C12H17N3O2. The van der Waals surface area contributed by atoms with Crippen LogP contribution in [0.2, 0.25) is 0 Å². The van der Waals surface area contributed by atoms with Crippen molar-refractivity contribution < 1.29 is 9.15 Å². The lowest BCUT2D eigenvalue weighted by Gasteiger charge is -2.07. The first kappa shape index (κ1) is 11.9. The van der Waals surface area contributed by atoms with Crippen molar-refractivity contribution in [1.29, 1.82) is 0 Å². The Bertz CT molecular complexity index is 456. The van der Waals surface area contributed by atoms with Crippen molar-refractivity contribution in [1.82, 2.24) is 10.3 Å². The summed E-state index contributed by atoms with van der Waals surface area (Å²) in [6.45, 7) is 3.29. The first-order chi connectivity index (χ1) is 8.42.